The van der Waals surface area contributed by atoms with Gasteiger partial charge in [0.2, 0.25) is 0 Å². The van der Waals surface area contributed by atoms with Gasteiger partial charge >= 0.3 is 0 Å². The summed E-state index contributed by atoms with van der Waals surface area (Å²) >= 11 is 5.79. The van der Waals surface area contributed by atoms with E-state index in [-0.39, 0.29) is 6.10 Å². The van der Waals surface area contributed by atoms with Crippen LogP contribution in [0.3, 0.4) is 0 Å². The van der Waals surface area contributed by atoms with Gasteiger partial charge in [0.25, 0.3) is 0 Å². The van der Waals surface area contributed by atoms with E-state index in [9.17, 15) is 5.11 Å². The first-order valence-corrected chi connectivity index (χ1v) is 6.02. The van der Waals surface area contributed by atoms with Crippen LogP contribution in [0.5, 0.6) is 0 Å². The van der Waals surface area contributed by atoms with Crippen LogP contribution in [-0.4, -0.2) is 11.2 Å². The van der Waals surface area contributed by atoms with Gasteiger partial charge in [0.05, 0.1) is 6.10 Å². The molecule has 2 heteroatoms. The van der Waals surface area contributed by atoms with Gasteiger partial charge in [-0.3, -0.25) is 0 Å². The van der Waals surface area contributed by atoms with E-state index in [2.05, 4.69) is 6.92 Å². The summed E-state index contributed by atoms with van der Waals surface area (Å²) in [4.78, 5) is 0. The highest BCUT2D eigenvalue weighted by Crippen LogP contribution is 2.13. The van der Waals surface area contributed by atoms with Gasteiger partial charge in [-0.1, -0.05) is 49.9 Å². The van der Waals surface area contributed by atoms with Crippen LogP contribution < -0.4 is 0 Å². The van der Waals surface area contributed by atoms with Gasteiger partial charge in [0.1, 0.15) is 0 Å². The van der Waals surface area contributed by atoms with Crippen LogP contribution in [0, 0.1) is 0 Å². The van der Waals surface area contributed by atoms with Crippen LogP contribution in [0.15, 0.2) is 24.3 Å². The minimum atomic E-state index is -0.210. The van der Waals surface area contributed by atoms with Crippen molar-refractivity contribution in [1.29, 1.82) is 0 Å². The number of aliphatic hydroxyl groups excluding tert-OH is 1. The number of aliphatic hydroxyl groups is 1. The molecule has 0 aliphatic carbocycles. The molecule has 0 heterocycles. The fraction of sp³-hybridized carbons (Fsp3) is 0.538. The van der Waals surface area contributed by atoms with Crippen LogP contribution in [0.2, 0.25) is 5.02 Å². The summed E-state index contributed by atoms with van der Waals surface area (Å²) in [5.74, 6) is 0. The fourth-order valence-corrected chi connectivity index (χ4v) is 1.75. The van der Waals surface area contributed by atoms with Crippen LogP contribution in [0.1, 0.15) is 38.2 Å². The lowest BCUT2D eigenvalue weighted by molar-refractivity contribution is 0.161. The van der Waals surface area contributed by atoms with Crippen LogP contribution in [-0.2, 0) is 6.42 Å². The molecule has 0 aromatic heterocycles. The zero-order chi connectivity index (χ0) is 11.1. The number of hydrogen-bond donors (Lipinski definition) is 1. The van der Waals surface area contributed by atoms with Crippen LogP contribution in [0.25, 0.3) is 0 Å². The van der Waals surface area contributed by atoms with Gasteiger partial charge in [0.15, 0.2) is 0 Å². The van der Waals surface area contributed by atoms with Crippen molar-refractivity contribution in [3.05, 3.63) is 34.9 Å². The normalized spacial score (nSPS) is 12.7. The van der Waals surface area contributed by atoms with E-state index in [1.807, 2.05) is 24.3 Å². The molecule has 0 aliphatic rings. The molecular weight excluding hydrogens is 208 g/mol. The highest BCUT2D eigenvalue weighted by Gasteiger charge is 2.04. The highest BCUT2D eigenvalue weighted by atomic mass is 35.5. The minimum Gasteiger partial charge on any atom is -0.393 e. The zero-order valence-electron chi connectivity index (χ0n) is 9.25. The van der Waals surface area contributed by atoms with Crippen LogP contribution >= 0.6 is 11.6 Å². The molecule has 15 heavy (non-hydrogen) atoms. The number of rotatable bonds is 6. The Balaban J connectivity index is 2.31. The van der Waals surface area contributed by atoms with Crippen molar-refractivity contribution in [2.24, 2.45) is 0 Å². The first kappa shape index (κ1) is 12.5. The quantitative estimate of drug-likeness (QED) is 0.732. The maximum atomic E-state index is 9.77. The molecule has 1 atom stereocenters. The lowest BCUT2D eigenvalue weighted by Crippen LogP contribution is -2.09. The molecule has 0 spiro atoms. The van der Waals surface area contributed by atoms with E-state index in [1.165, 1.54) is 12.8 Å². The third kappa shape index (κ3) is 5.19. The van der Waals surface area contributed by atoms with Crippen molar-refractivity contribution >= 4 is 11.6 Å². The molecule has 0 fully saturated rings. The van der Waals surface area contributed by atoms with Gasteiger partial charge in [-0.05, 0) is 30.5 Å². The van der Waals surface area contributed by atoms with E-state index >= 15 is 0 Å². The Morgan fingerprint density at radius 3 is 2.47 bits per heavy atom. The Labute approximate surface area is 97.1 Å². The van der Waals surface area contributed by atoms with Gasteiger partial charge < -0.3 is 5.11 Å². The number of benzene rings is 1. The second-order valence-electron chi connectivity index (χ2n) is 3.98. The molecule has 1 aromatic rings. The molecule has 0 bridgehead atoms. The molecular formula is C13H19ClO. The molecule has 0 radical (unpaired) electrons. The Morgan fingerprint density at radius 2 is 1.87 bits per heavy atom. The summed E-state index contributed by atoms with van der Waals surface area (Å²) in [5, 5.41) is 10.5. The lowest BCUT2D eigenvalue weighted by Gasteiger charge is -2.10. The molecule has 1 nitrogen and oxygen atoms in total. The summed E-state index contributed by atoms with van der Waals surface area (Å²) in [6.07, 6.45) is 4.95. The molecule has 1 N–H and O–H groups in total. The monoisotopic (exact) mass is 226 g/mol. The lowest BCUT2D eigenvalue weighted by atomic mass is 10.0. The van der Waals surface area contributed by atoms with Crippen LogP contribution in [0.4, 0.5) is 0 Å². The molecule has 0 saturated carbocycles. The van der Waals surface area contributed by atoms with Gasteiger partial charge in [-0.15, -0.1) is 0 Å². The predicted octanol–water partition coefficient (Wildman–Crippen LogP) is 3.82. The number of unbranched alkanes of at least 4 members (excludes halogenated alkanes) is 2. The van der Waals surface area contributed by atoms with E-state index < -0.39 is 0 Å². The average molecular weight is 227 g/mol. The first-order chi connectivity index (χ1) is 7.22. The van der Waals surface area contributed by atoms with Crippen molar-refractivity contribution < 1.29 is 5.11 Å². The summed E-state index contributed by atoms with van der Waals surface area (Å²) in [6.45, 7) is 2.17. The summed E-state index contributed by atoms with van der Waals surface area (Å²) in [6, 6.07) is 7.70. The second-order valence-corrected chi connectivity index (χ2v) is 4.42. The topological polar surface area (TPSA) is 20.2 Å². The molecule has 1 aromatic carbocycles. The molecule has 1 rings (SSSR count). The van der Waals surface area contributed by atoms with E-state index in [4.69, 9.17) is 11.6 Å². The smallest absolute Gasteiger partial charge is 0.0580 e. The zero-order valence-corrected chi connectivity index (χ0v) is 10.0. The van der Waals surface area contributed by atoms with Gasteiger partial charge in [-0.25, -0.2) is 0 Å². The predicted molar refractivity (Wildman–Crippen MR) is 65.3 cm³/mol. The summed E-state index contributed by atoms with van der Waals surface area (Å²) in [7, 11) is 0. The Kier molecular flexibility index (Phi) is 5.74. The highest BCUT2D eigenvalue weighted by molar-refractivity contribution is 6.30. The van der Waals surface area contributed by atoms with Gasteiger partial charge in [0, 0.05) is 5.02 Å². The maximum Gasteiger partial charge on any atom is 0.0580 e. The van der Waals surface area contributed by atoms with Crippen molar-refractivity contribution in [3.63, 3.8) is 0 Å². The van der Waals surface area contributed by atoms with Crippen molar-refractivity contribution in [1.82, 2.24) is 0 Å². The Hall–Kier alpha value is -0.530. The Bertz CT molecular complexity index is 268. The standard InChI is InChI=1S/C13H19ClO/c1-2-3-4-5-13(15)10-11-6-8-12(14)9-7-11/h6-9,13,15H,2-5,10H2,1H3. The molecule has 0 saturated heterocycles. The number of hydrogen-bond acceptors (Lipinski definition) is 1. The van der Waals surface area contributed by atoms with Crippen molar-refractivity contribution in [2.45, 2.75) is 45.1 Å². The maximum absolute atomic E-state index is 9.77. The molecule has 84 valence electrons. The third-order valence-electron chi connectivity index (χ3n) is 2.53. The molecule has 1 unspecified atom stereocenters. The van der Waals surface area contributed by atoms with E-state index in [0.717, 1.165) is 29.8 Å². The average Bonchev–Trinajstić information content (AvgIpc) is 2.22. The number of halogens is 1. The summed E-state index contributed by atoms with van der Waals surface area (Å²) in [5.41, 5.74) is 1.16. The van der Waals surface area contributed by atoms with Gasteiger partial charge in [-0.2, -0.15) is 0 Å². The molecule has 0 amide bonds. The largest absolute Gasteiger partial charge is 0.393 e. The fourth-order valence-electron chi connectivity index (χ4n) is 1.62. The van der Waals surface area contributed by atoms with Crippen molar-refractivity contribution in [2.75, 3.05) is 0 Å². The van der Waals surface area contributed by atoms with E-state index in [1.54, 1.807) is 0 Å². The van der Waals surface area contributed by atoms with Crippen molar-refractivity contribution in [3.8, 4) is 0 Å². The summed E-state index contributed by atoms with van der Waals surface area (Å²) < 4.78 is 0. The minimum absolute atomic E-state index is 0.210. The second kappa shape index (κ2) is 6.86. The van der Waals surface area contributed by atoms with E-state index in [0.29, 0.717) is 0 Å². The first-order valence-electron chi connectivity index (χ1n) is 5.65. The third-order valence-corrected chi connectivity index (χ3v) is 2.78. The SMILES string of the molecule is CCCCCC(O)Cc1ccc(Cl)cc1. The molecule has 0 aliphatic heterocycles. The Morgan fingerprint density at radius 1 is 1.20 bits per heavy atom.